The molecule has 0 unspecified atom stereocenters. The highest BCUT2D eigenvalue weighted by Crippen LogP contribution is 2.16. The lowest BCUT2D eigenvalue weighted by Crippen LogP contribution is -2.37. The fraction of sp³-hybridized carbons (Fsp3) is 0.667. The Kier molecular flexibility index (Phi) is 5.98. The minimum atomic E-state index is -0.0802. The molecule has 1 rings (SSSR count). The number of carbonyl (C=O) groups is 1. The molecule has 0 spiro atoms. The molecule has 0 aliphatic rings. The SMILES string of the molecule is CCCCNC(=O)N(C)Cc1c(Cl)cnn1CC. The Morgan fingerprint density at radius 2 is 2.28 bits per heavy atom. The van der Waals surface area contributed by atoms with Gasteiger partial charge in [0.25, 0.3) is 0 Å². The number of urea groups is 1. The van der Waals surface area contributed by atoms with Crippen molar-refractivity contribution in [2.45, 2.75) is 39.8 Å². The largest absolute Gasteiger partial charge is 0.338 e. The molecule has 1 heterocycles. The summed E-state index contributed by atoms with van der Waals surface area (Å²) in [5.41, 5.74) is 0.868. The second-order valence-electron chi connectivity index (χ2n) is 4.20. The molecule has 5 nitrogen and oxygen atoms in total. The first-order valence-corrected chi connectivity index (χ1v) is 6.67. The van der Waals surface area contributed by atoms with Crippen LogP contribution in [-0.2, 0) is 13.1 Å². The number of nitrogens with zero attached hydrogens (tertiary/aromatic N) is 3. The van der Waals surface area contributed by atoms with Gasteiger partial charge in [-0.2, -0.15) is 5.10 Å². The van der Waals surface area contributed by atoms with E-state index in [2.05, 4.69) is 17.3 Å². The van der Waals surface area contributed by atoms with Crippen LogP contribution in [0.1, 0.15) is 32.4 Å². The van der Waals surface area contributed by atoms with Gasteiger partial charge < -0.3 is 10.2 Å². The van der Waals surface area contributed by atoms with Crippen molar-refractivity contribution >= 4 is 17.6 Å². The third kappa shape index (κ3) is 3.91. The Balaban J connectivity index is 2.55. The Morgan fingerprint density at radius 1 is 1.56 bits per heavy atom. The highest BCUT2D eigenvalue weighted by Gasteiger charge is 2.14. The van der Waals surface area contributed by atoms with Gasteiger partial charge in [0.05, 0.1) is 23.5 Å². The van der Waals surface area contributed by atoms with Crippen molar-refractivity contribution in [2.24, 2.45) is 0 Å². The maximum Gasteiger partial charge on any atom is 0.317 e. The molecule has 0 bridgehead atoms. The van der Waals surface area contributed by atoms with E-state index in [4.69, 9.17) is 11.6 Å². The highest BCUT2D eigenvalue weighted by atomic mass is 35.5. The predicted octanol–water partition coefficient (Wildman–Crippen LogP) is 2.50. The predicted molar refractivity (Wildman–Crippen MR) is 72.7 cm³/mol. The van der Waals surface area contributed by atoms with Crippen molar-refractivity contribution < 1.29 is 4.79 Å². The van der Waals surface area contributed by atoms with Gasteiger partial charge in [-0.3, -0.25) is 4.68 Å². The molecule has 0 aromatic carbocycles. The number of amides is 2. The average Bonchev–Trinajstić information content (AvgIpc) is 2.70. The van der Waals surface area contributed by atoms with Crippen LogP contribution in [0, 0.1) is 0 Å². The molecule has 0 aliphatic heterocycles. The molecular weight excluding hydrogens is 252 g/mol. The van der Waals surface area contributed by atoms with Crippen LogP contribution in [0.3, 0.4) is 0 Å². The minimum absolute atomic E-state index is 0.0802. The lowest BCUT2D eigenvalue weighted by molar-refractivity contribution is 0.205. The van der Waals surface area contributed by atoms with Gasteiger partial charge in [0.15, 0.2) is 0 Å². The fourth-order valence-corrected chi connectivity index (χ4v) is 1.82. The van der Waals surface area contributed by atoms with Crippen LogP contribution in [0.5, 0.6) is 0 Å². The minimum Gasteiger partial charge on any atom is -0.338 e. The Morgan fingerprint density at radius 3 is 2.89 bits per heavy atom. The summed E-state index contributed by atoms with van der Waals surface area (Å²) < 4.78 is 1.80. The number of hydrogen-bond donors (Lipinski definition) is 1. The third-order valence-electron chi connectivity index (χ3n) is 2.74. The highest BCUT2D eigenvalue weighted by molar-refractivity contribution is 6.31. The van der Waals surface area contributed by atoms with Crippen LogP contribution in [0.4, 0.5) is 4.79 Å². The number of rotatable bonds is 6. The molecule has 2 amide bonds. The normalized spacial score (nSPS) is 10.4. The van der Waals surface area contributed by atoms with E-state index in [9.17, 15) is 4.79 Å². The van der Waals surface area contributed by atoms with Gasteiger partial charge in [0.2, 0.25) is 0 Å². The van der Waals surface area contributed by atoms with Crippen molar-refractivity contribution in [1.82, 2.24) is 20.0 Å². The summed E-state index contributed by atoms with van der Waals surface area (Å²) in [5.74, 6) is 0. The van der Waals surface area contributed by atoms with Gasteiger partial charge in [-0.15, -0.1) is 0 Å². The standard InChI is InChI=1S/C12H21ClN4O/c1-4-6-7-14-12(18)16(3)9-11-10(13)8-15-17(11)5-2/h8H,4-7,9H2,1-3H3,(H,14,18). The van der Waals surface area contributed by atoms with Gasteiger partial charge in [-0.1, -0.05) is 24.9 Å². The number of carbonyl (C=O) groups excluding carboxylic acids is 1. The first-order chi connectivity index (χ1) is 8.60. The van der Waals surface area contributed by atoms with E-state index in [-0.39, 0.29) is 6.03 Å². The van der Waals surface area contributed by atoms with E-state index >= 15 is 0 Å². The van der Waals surface area contributed by atoms with Crippen LogP contribution < -0.4 is 5.32 Å². The van der Waals surface area contributed by atoms with Crippen LogP contribution in [0.2, 0.25) is 5.02 Å². The molecule has 102 valence electrons. The maximum absolute atomic E-state index is 11.8. The van der Waals surface area contributed by atoms with Gasteiger partial charge in [-0.25, -0.2) is 4.79 Å². The zero-order valence-electron chi connectivity index (χ0n) is 11.2. The summed E-state index contributed by atoms with van der Waals surface area (Å²) in [6.07, 6.45) is 3.68. The second-order valence-corrected chi connectivity index (χ2v) is 4.60. The zero-order chi connectivity index (χ0) is 13.5. The quantitative estimate of drug-likeness (QED) is 0.809. The Hall–Kier alpha value is -1.23. The molecule has 1 aromatic rings. The first-order valence-electron chi connectivity index (χ1n) is 6.29. The summed E-state index contributed by atoms with van der Waals surface area (Å²) in [5, 5.41) is 7.62. The van der Waals surface area contributed by atoms with Crippen molar-refractivity contribution in [3.8, 4) is 0 Å². The summed E-state index contributed by atoms with van der Waals surface area (Å²) in [7, 11) is 1.75. The average molecular weight is 273 g/mol. The van der Waals surface area contributed by atoms with E-state index in [1.54, 1.807) is 22.8 Å². The van der Waals surface area contributed by atoms with Crippen LogP contribution in [0.25, 0.3) is 0 Å². The van der Waals surface area contributed by atoms with Gasteiger partial charge in [0, 0.05) is 20.1 Å². The molecule has 0 fully saturated rings. The van der Waals surface area contributed by atoms with E-state index in [0.717, 1.165) is 25.1 Å². The molecule has 0 radical (unpaired) electrons. The van der Waals surface area contributed by atoms with E-state index in [1.807, 2.05) is 6.92 Å². The van der Waals surface area contributed by atoms with Crippen molar-refractivity contribution in [3.63, 3.8) is 0 Å². The molecule has 0 aliphatic carbocycles. The number of aromatic nitrogens is 2. The number of hydrogen-bond acceptors (Lipinski definition) is 2. The van der Waals surface area contributed by atoms with Gasteiger partial charge in [-0.05, 0) is 13.3 Å². The lowest BCUT2D eigenvalue weighted by Gasteiger charge is -2.18. The molecular formula is C12H21ClN4O. The number of nitrogens with one attached hydrogen (secondary N) is 1. The summed E-state index contributed by atoms with van der Waals surface area (Å²) >= 11 is 6.06. The number of halogens is 1. The number of unbranched alkanes of at least 4 members (excludes halogenated alkanes) is 1. The summed E-state index contributed by atoms with van der Waals surface area (Å²) in [4.78, 5) is 13.4. The van der Waals surface area contributed by atoms with E-state index in [1.165, 1.54) is 0 Å². The van der Waals surface area contributed by atoms with Crippen LogP contribution in [0.15, 0.2) is 6.20 Å². The van der Waals surface area contributed by atoms with Crippen LogP contribution >= 0.6 is 11.6 Å². The third-order valence-corrected chi connectivity index (χ3v) is 3.05. The molecule has 18 heavy (non-hydrogen) atoms. The number of aryl methyl sites for hydroxylation is 1. The van der Waals surface area contributed by atoms with E-state index in [0.29, 0.717) is 18.1 Å². The molecule has 0 saturated heterocycles. The zero-order valence-corrected chi connectivity index (χ0v) is 12.0. The van der Waals surface area contributed by atoms with Gasteiger partial charge in [0.1, 0.15) is 0 Å². The fourth-order valence-electron chi connectivity index (χ4n) is 1.62. The lowest BCUT2D eigenvalue weighted by atomic mass is 10.3. The van der Waals surface area contributed by atoms with Crippen molar-refractivity contribution in [3.05, 3.63) is 16.9 Å². The maximum atomic E-state index is 11.8. The first kappa shape index (κ1) is 14.8. The Bertz CT molecular complexity index is 391. The molecule has 1 N–H and O–H groups in total. The Labute approximate surface area is 113 Å². The molecule has 0 atom stereocenters. The van der Waals surface area contributed by atoms with Crippen molar-refractivity contribution in [1.29, 1.82) is 0 Å². The molecule has 6 heteroatoms. The van der Waals surface area contributed by atoms with E-state index < -0.39 is 0 Å². The van der Waals surface area contributed by atoms with Crippen molar-refractivity contribution in [2.75, 3.05) is 13.6 Å². The van der Waals surface area contributed by atoms with Crippen LogP contribution in [-0.4, -0.2) is 34.3 Å². The molecule has 1 aromatic heterocycles. The smallest absolute Gasteiger partial charge is 0.317 e. The monoisotopic (exact) mass is 272 g/mol. The summed E-state index contributed by atoms with van der Waals surface area (Å²) in [6.45, 7) is 6.00. The summed E-state index contributed by atoms with van der Waals surface area (Å²) in [6, 6.07) is -0.0802. The second kappa shape index (κ2) is 7.26. The molecule has 0 saturated carbocycles. The topological polar surface area (TPSA) is 50.2 Å². The van der Waals surface area contributed by atoms with Gasteiger partial charge >= 0.3 is 6.03 Å².